The number of carboxylic acids is 2. The summed E-state index contributed by atoms with van der Waals surface area (Å²) in [5.74, 6) is -2.64. The van der Waals surface area contributed by atoms with Crippen LogP contribution in [0.5, 0.6) is 0 Å². The normalized spacial score (nSPS) is 17.8. The Morgan fingerprint density at radius 1 is 1.22 bits per heavy atom. The van der Waals surface area contributed by atoms with Crippen LogP contribution < -0.4 is 16.0 Å². The number of hydrogen-bond donors (Lipinski definition) is 5. The number of piperidine rings is 1. The van der Waals surface area contributed by atoms with E-state index in [2.05, 4.69) is 16.0 Å². The second kappa shape index (κ2) is 6.80. The van der Waals surface area contributed by atoms with Crippen LogP contribution in [0.3, 0.4) is 0 Å². The van der Waals surface area contributed by atoms with Gasteiger partial charge in [-0.15, -0.1) is 0 Å². The predicted octanol–water partition coefficient (Wildman–Crippen LogP) is -1.03. The van der Waals surface area contributed by atoms with Crippen LogP contribution in [0.4, 0.5) is 4.79 Å². The van der Waals surface area contributed by atoms with Gasteiger partial charge < -0.3 is 26.2 Å². The highest BCUT2D eigenvalue weighted by Crippen LogP contribution is 2.01. The molecule has 0 aliphatic carbocycles. The highest BCUT2D eigenvalue weighted by Gasteiger charge is 2.24. The molecule has 2 amide bonds. The van der Waals surface area contributed by atoms with E-state index in [0.29, 0.717) is 0 Å². The Bertz CT molecular complexity index is 327. The lowest BCUT2D eigenvalue weighted by molar-refractivity contribution is -0.145. The van der Waals surface area contributed by atoms with Crippen LogP contribution in [0.2, 0.25) is 0 Å². The largest absolute Gasteiger partial charge is 0.481 e. The van der Waals surface area contributed by atoms with Gasteiger partial charge in [-0.25, -0.2) is 9.59 Å². The Morgan fingerprint density at radius 2 is 1.83 bits per heavy atom. The summed E-state index contributed by atoms with van der Waals surface area (Å²) < 4.78 is 0. The summed E-state index contributed by atoms with van der Waals surface area (Å²) in [6.07, 6.45) is 0.892. The molecule has 0 bridgehead atoms. The standard InChI is InChI=1S/C10H17N3O5/c14-8(15)5-7(9(16)17)13-10(18)12-6-1-3-11-4-2-6/h6-7,11H,1-5H2,(H,14,15)(H,16,17)(H2,12,13,18)/t7-/m0/s1. The van der Waals surface area contributed by atoms with Gasteiger partial charge in [0.25, 0.3) is 0 Å². The number of hydrogen-bond acceptors (Lipinski definition) is 4. The average Bonchev–Trinajstić information content (AvgIpc) is 2.28. The minimum atomic E-state index is -1.41. The quantitative estimate of drug-likeness (QED) is 0.429. The van der Waals surface area contributed by atoms with Crippen molar-refractivity contribution >= 4 is 18.0 Å². The molecular formula is C10H17N3O5. The second-order valence-corrected chi connectivity index (χ2v) is 4.13. The van der Waals surface area contributed by atoms with E-state index in [4.69, 9.17) is 10.2 Å². The lowest BCUT2D eigenvalue weighted by Gasteiger charge is -2.24. The second-order valence-electron chi connectivity index (χ2n) is 4.13. The minimum absolute atomic E-state index is 0.00878. The average molecular weight is 259 g/mol. The van der Waals surface area contributed by atoms with Crippen molar-refractivity contribution in [3.8, 4) is 0 Å². The molecule has 1 aliphatic heterocycles. The number of rotatable bonds is 5. The fraction of sp³-hybridized carbons (Fsp3) is 0.700. The van der Waals surface area contributed by atoms with Gasteiger partial charge in [0.05, 0.1) is 6.42 Å². The summed E-state index contributed by atoms with van der Waals surface area (Å²) in [5.41, 5.74) is 0. The third-order valence-corrected chi connectivity index (χ3v) is 2.66. The predicted molar refractivity (Wildman–Crippen MR) is 61.2 cm³/mol. The number of carbonyl (C=O) groups is 3. The van der Waals surface area contributed by atoms with E-state index in [1.54, 1.807) is 0 Å². The zero-order valence-electron chi connectivity index (χ0n) is 9.81. The Balaban J connectivity index is 2.40. The number of carboxylic acid groups (broad SMARTS) is 2. The first-order chi connectivity index (χ1) is 8.49. The highest BCUT2D eigenvalue weighted by molar-refractivity contribution is 5.86. The molecule has 0 aromatic carbocycles. The molecule has 1 fully saturated rings. The molecule has 0 aromatic heterocycles. The molecular weight excluding hydrogens is 242 g/mol. The molecule has 0 spiro atoms. The zero-order valence-corrected chi connectivity index (χ0v) is 9.81. The third-order valence-electron chi connectivity index (χ3n) is 2.66. The van der Waals surface area contributed by atoms with E-state index in [1.165, 1.54) is 0 Å². The molecule has 1 atom stereocenters. The van der Waals surface area contributed by atoms with Crippen LogP contribution in [0.1, 0.15) is 19.3 Å². The van der Waals surface area contributed by atoms with Crippen molar-refractivity contribution in [2.45, 2.75) is 31.3 Å². The summed E-state index contributed by atoms with van der Waals surface area (Å²) in [6.45, 7) is 1.59. The van der Waals surface area contributed by atoms with Crippen LogP contribution in [-0.2, 0) is 9.59 Å². The number of urea groups is 1. The first kappa shape index (κ1) is 14.2. The van der Waals surface area contributed by atoms with E-state index in [9.17, 15) is 14.4 Å². The van der Waals surface area contributed by atoms with Gasteiger partial charge in [0.2, 0.25) is 0 Å². The minimum Gasteiger partial charge on any atom is -0.481 e. The summed E-state index contributed by atoms with van der Waals surface area (Å²) in [6, 6.07) is -2.06. The number of amides is 2. The molecule has 8 heteroatoms. The Kier molecular flexibility index (Phi) is 5.37. The maximum atomic E-state index is 11.5. The van der Waals surface area contributed by atoms with Crippen molar-refractivity contribution < 1.29 is 24.6 Å². The molecule has 1 aliphatic rings. The van der Waals surface area contributed by atoms with Crippen molar-refractivity contribution in [3.63, 3.8) is 0 Å². The lowest BCUT2D eigenvalue weighted by atomic mass is 10.1. The van der Waals surface area contributed by atoms with Gasteiger partial charge in [0.15, 0.2) is 0 Å². The van der Waals surface area contributed by atoms with Gasteiger partial charge in [-0.3, -0.25) is 4.79 Å². The fourth-order valence-corrected chi connectivity index (χ4v) is 1.73. The molecule has 0 aromatic rings. The van der Waals surface area contributed by atoms with Gasteiger partial charge in [0, 0.05) is 6.04 Å². The zero-order chi connectivity index (χ0) is 13.5. The lowest BCUT2D eigenvalue weighted by Crippen LogP contribution is -2.51. The topological polar surface area (TPSA) is 128 Å². The van der Waals surface area contributed by atoms with Crippen molar-refractivity contribution in [3.05, 3.63) is 0 Å². The summed E-state index contributed by atoms with van der Waals surface area (Å²) >= 11 is 0. The van der Waals surface area contributed by atoms with E-state index >= 15 is 0 Å². The number of carbonyl (C=O) groups excluding carboxylic acids is 1. The summed E-state index contributed by atoms with van der Waals surface area (Å²) in [5, 5.41) is 25.2. The molecule has 1 rings (SSSR count). The van der Waals surface area contributed by atoms with E-state index in [0.717, 1.165) is 25.9 Å². The molecule has 0 radical (unpaired) electrons. The molecule has 0 unspecified atom stereocenters. The maximum absolute atomic E-state index is 11.5. The van der Waals surface area contributed by atoms with Gasteiger partial charge >= 0.3 is 18.0 Å². The number of aliphatic carboxylic acids is 2. The fourth-order valence-electron chi connectivity index (χ4n) is 1.73. The summed E-state index contributed by atoms with van der Waals surface area (Å²) in [4.78, 5) is 32.7. The van der Waals surface area contributed by atoms with Gasteiger partial charge in [-0.05, 0) is 25.9 Å². The highest BCUT2D eigenvalue weighted by atomic mass is 16.4. The Morgan fingerprint density at radius 3 is 2.33 bits per heavy atom. The van der Waals surface area contributed by atoms with E-state index < -0.39 is 30.4 Å². The van der Waals surface area contributed by atoms with Crippen molar-refractivity contribution in [2.75, 3.05) is 13.1 Å². The third kappa shape index (κ3) is 5.00. The molecule has 5 N–H and O–H groups in total. The maximum Gasteiger partial charge on any atom is 0.326 e. The van der Waals surface area contributed by atoms with E-state index in [1.807, 2.05) is 0 Å². The number of nitrogens with one attached hydrogen (secondary N) is 3. The van der Waals surface area contributed by atoms with Crippen molar-refractivity contribution in [2.24, 2.45) is 0 Å². The SMILES string of the molecule is O=C(O)C[C@H](NC(=O)NC1CCNCC1)C(=O)O. The molecule has 102 valence electrons. The smallest absolute Gasteiger partial charge is 0.326 e. The van der Waals surface area contributed by atoms with Gasteiger partial charge in [0.1, 0.15) is 6.04 Å². The van der Waals surface area contributed by atoms with Gasteiger partial charge in [-0.1, -0.05) is 0 Å². The molecule has 1 saturated heterocycles. The Hall–Kier alpha value is -1.83. The van der Waals surface area contributed by atoms with Crippen molar-refractivity contribution in [1.82, 2.24) is 16.0 Å². The van der Waals surface area contributed by atoms with Crippen LogP contribution >= 0.6 is 0 Å². The molecule has 18 heavy (non-hydrogen) atoms. The van der Waals surface area contributed by atoms with Crippen LogP contribution in [0, 0.1) is 0 Å². The first-order valence-corrected chi connectivity index (χ1v) is 5.71. The Labute approximate surface area is 104 Å². The monoisotopic (exact) mass is 259 g/mol. The van der Waals surface area contributed by atoms with Crippen LogP contribution in [-0.4, -0.2) is 53.4 Å². The molecule has 0 saturated carbocycles. The van der Waals surface area contributed by atoms with Crippen LogP contribution in [0.15, 0.2) is 0 Å². The van der Waals surface area contributed by atoms with Crippen LogP contribution in [0.25, 0.3) is 0 Å². The van der Waals surface area contributed by atoms with E-state index in [-0.39, 0.29) is 6.04 Å². The van der Waals surface area contributed by atoms with Crippen molar-refractivity contribution in [1.29, 1.82) is 0 Å². The van der Waals surface area contributed by atoms with Gasteiger partial charge in [-0.2, -0.15) is 0 Å². The molecule has 8 nitrogen and oxygen atoms in total. The summed E-state index contributed by atoms with van der Waals surface area (Å²) in [7, 11) is 0. The molecule has 1 heterocycles. The first-order valence-electron chi connectivity index (χ1n) is 5.71.